The number of aryl methyl sites for hydroxylation is 2. The molecule has 0 spiro atoms. The lowest BCUT2D eigenvalue weighted by Crippen LogP contribution is -2.25. The van der Waals surface area contributed by atoms with Crippen molar-refractivity contribution in [2.45, 2.75) is 66.5 Å². The highest BCUT2D eigenvalue weighted by molar-refractivity contribution is 5.27. The Morgan fingerprint density at radius 2 is 1.88 bits per heavy atom. The minimum Gasteiger partial charge on any atom is -0.314 e. The molecule has 1 rings (SSSR count). The smallest absolute Gasteiger partial charge is 0.0657 e. The molecule has 0 radical (unpaired) electrons. The maximum absolute atomic E-state index is 4.70. The number of rotatable bonds is 7. The van der Waals surface area contributed by atoms with E-state index in [0.717, 1.165) is 32.4 Å². The van der Waals surface area contributed by atoms with Gasteiger partial charge in [-0.3, -0.25) is 4.68 Å². The second-order valence-electron chi connectivity index (χ2n) is 4.75. The Morgan fingerprint density at radius 3 is 2.35 bits per heavy atom. The van der Waals surface area contributed by atoms with Gasteiger partial charge in [-0.15, -0.1) is 0 Å². The van der Waals surface area contributed by atoms with Crippen molar-refractivity contribution in [1.82, 2.24) is 15.1 Å². The van der Waals surface area contributed by atoms with E-state index in [1.54, 1.807) is 0 Å². The molecule has 0 saturated carbocycles. The summed E-state index contributed by atoms with van der Waals surface area (Å²) in [6, 6.07) is 0.561. The molecule has 3 heteroatoms. The van der Waals surface area contributed by atoms with Crippen LogP contribution in [0.4, 0.5) is 0 Å². The zero-order valence-corrected chi connectivity index (χ0v) is 12.0. The van der Waals surface area contributed by atoms with Crippen molar-refractivity contribution in [3.05, 3.63) is 17.0 Å². The Hall–Kier alpha value is -0.830. The predicted octanol–water partition coefficient (Wildman–Crippen LogP) is 2.57. The zero-order valence-electron chi connectivity index (χ0n) is 12.0. The topological polar surface area (TPSA) is 29.9 Å². The molecule has 0 saturated heterocycles. The van der Waals surface area contributed by atoms with E-state index in [9.17, 15) is 0 Å². The first-order valence-electron chi connectivity index (χ1n) is 6.94. The number of hydrogen-bond donors (Lipinski definition) is 1. The molecule has 0 amide bonds. The molecule has 1 aromatic rings. The van der Waals surface area contributed by atoms with Crippen molar-refractivity contribution in [3.8, 4) is 0 Å². The zero-order chi connectivity index (χ0) is 12.8. The highest BCUT2D eigenvalue weighted by Gasteiger charge is 2.13. The summed E-state index contributed by atoms with van der Waals surface area (Å²) >= 11 is 0. The summed E-state index contributed by atoms with van der Waals surface area (Å²) in [7, 11) is 0. The fourth-order valence-corrected chi connectivity index (χ4v) is 2.30. The van der Waals surface area contributed by atoms with Crippen molar-refractivity contribution in [2.75, 3.05) is 6.54 Å². The van der Waals surface area contributed by atoms with Crippen molar-refractivity contribution in [1.29, 1.82) is 0 Å². The SMILES string of the molecule is CCc1nn(CC)c(CC)c1CCNC(C)C. The number of nitrogens with one attached hydrogen (secondary N) is 1. The van der Waals surface area contributed by atoms with Gasteiger partial charge in [-0.05, 0) is 38.3 Å². The van der Waals surface area contributed by atoms with Gasteiger partial charge in [-0.25, -0.2) is 0 Å². The highest BCUT2D eigenvalue weighted by Crippen LogP contribution is 2.16. The Balaban J connectivity index is 2.83. The lowest BCUT2D eigenvalue weighted by Gasteiger charge is -2.09. The molecule has 1 N–H and O–H groups in total. The molecule has 0 bridgehead atoms. The van der Waals surface area contributed by atoms with Crippen LogP contribution in [0.3, 0.4) is 0 Å². The molecular formula is C14H27N3. The van der Waals surface area contributed by atoms with Crippen molar-refractivity contribution in [3.63, 3.8) is 0 Å². The molecule has 0 aliphatic carbocycles. The molecule has 0 aliphatic heterocycles. The third-order valence-corrected chi connectivity index (χ3v) is 3.15. The van der Waals surface area contributed by atoms with E-state index in [1.165, 1.54) is 17.0 Å². The van der Waals surface area contributed by atoms with Gasteiger partial charge in [0.25, 0.3) is 0 Å². The fourth-order valence-electron chi connectivity index (χ4n) is 2.30. The second-order valence-corrected chi connectivity index (χ2v) is 4.75. The van der Waals surface area contributed by atoms with Gasteiger partial charge in [-0.2, -0.15) is 5.10 Å². The van der Waals surface area contributed by atoms with Gasteiger partial charge in [0.05, 0.1) is 5.69 Å². The first-order chi connectivity index (χ1) is 8.13. The summed E-state index contributed by atoms with van der Waals surface area (Å²) < 4.78 is 2.17. The third kappa shape index (κ3) is 3.56. The normalized spacial score (nSPS) is 11.4. The summed E-state index contributed by atoms with van der Waals surface area (Å²) in [5.74, 6) is 0. The van der Waals surface area contributed by atoms with E-state index in [1.807, 2.05) is 0 Å². The Kier molecular flexibility index (Phi) is 5.69. The van der Waals surface area contributed by atoms with Crippen LogP contribution < -0.4 is 5.32 Å². The third-order valence-electron chi connectivity index (χ3n) is 3.15. The van der Waals surface area contributed by atoms with Crippen LogP contribution in [-0.4, -0.2) is 22.4 Å². The highest BCUT2D eigenvalue weighted by atomic mass is 15.3. The molecule has 0 aliphatic rings. The molecule has 17 heavy (non-hydrogen) atoms. The summed E-state index contributed by atoms with van der Waals surface area (Å²) in [5.41, 5.74) is 4.19. The van der Waals surface area contributed by atoms with Crippen molar-refractivity contribution in [2.24, 2.45) is 0 Å². The second kappa shape index (κ2) is 6.80. The minimum atomic E-state index is 0.561. The van der Waals surface area contributed by atoms with Crippen LogP contribution >= 0.6 is 0 Å². The largest absolute Gasteiger partial charge is 0.314 e. The van der Waals surface area contributed by atoms with Crippen LogP contribution in [0.15, 0.2) is 0 Å². The van der Waals surface area contributed by atoms with Gasteiger partial charge < -0.3 is 5.32 Å². The maximum atomic E-state index is 4.70. The van der Waals surface area contributed by atoms with E-state index in [-0.39, 0.29) is 0 Å². The molecule has 0 fully saturated rings. The van der Waals surface area contributed by atoms with E-state index >= 15 is 0 Å². The van der Waals surface area contributed by atoms with Gasteiger partial charge in [0, 0.05) is 18.3 Å². The first kappa shape index (κ1) is 14.2. The number of nitrogens with zero attached hydrogens (tertiary/aromatic N) is 2. The van der Waals surface area contributed by atoms with Crippen molar-refractivity contribution >= 4 is 0 Å². The first-order valence-corrected chi connectivity index (χ1v) is 6.94. The summed E-state index contributed by atoms with van der Waals surface area (Å²) in [6.45, 7) is 13.0. The molecule has 1 aromatic heterocycles. The van der Waals surface area contributed by atoms with Crippen LogP contribution in [-0.2, 0) is 25.8 Å². The number of aromatic nitrogens is 2. The van der Waals surface area contributed by atoms with Crippen LogP contribution in [0.2, 0.25) is 0 Å². The van der Waals surface area contributed by atoms with Crippen molar-refractivity contribution < 1.29 is 0 Å². The summed E-state index contributed by atoms with van der Waals surface area (Å²) in [5, 5.41) is 8.19. The van der Waals surface area contributed by atoms with Crippen LogP contribution in [0, 0.1) is 0 Å². The van der Waals surface area contributed by atoms with Gasteiger partial charge in [0.2, 0.25) is 0 Å². The molecule has 3 nitrogen and oxygen atoms in total. The molecule has 0 atom stereocenters. The molecule has 0 unspecified atom stereocenters. The monoisotopic (exact) mass is 237 g/mol. The fraction of sp³-hybridized carbons (Fsp3) is 0.786. The predicted molar refractivity (Wildman–Crippen MR) is 73.5 cm³/mol. The van der Waals surface area contributed by atoms with E-state index in [4.69, 9.17) is 5.10 Å². The van der Waals surface area contributed by atoms with Crippen LogP contribution in [0.1, 0.15) is 51.6 Å². The lowest BCUT2D eigenvalue weighted by molar-refractivity contribution is 0.586. The Labute approximate surface area is 106 Å². The Bertz CT molecular complexity index is 339. The quantitative estimate of drug-likeness (QED) is 0.790. The molecular weight excluding hydrogens is 210 g/mol. The number of hydrogen-bond acceptors (Lipinski definition) is 2. The lowest BCUT2D eigenvalue weighted by atomic mass is 10.1. The minimum absolute atomic E-state index is 0.561. The molecule has 98 valence electrons. The van der Waals surface area contributed by atoms with E-state index < -0.39 is 0 Å². The van der Waals surface area contributed by atoms with Gasteiger partial charge >= 0.3 is 0 Å². The standard InChI is InChI=1S/C14H27N3/c1-6-13-12(9-10-15-11(4)5)14(7-2)17(8-3)16-13/h11,15H,6-10H2,1-5H3. The average molecular weight is 237 g/mol. The summed E-state index contributed by atoms with van der Waals surface area (Å²) in [4.78, 5) is 0. The molecule has 1 heterocycles. The molecule has 0 aromatic carbocycles. The van der Waals surface area contributed by atoms with Gasteiger partial charge in [-0.1, -0.05) is 27.7 Å². The van der Waals surface area contributed by atoms with Crippen LogP contribution in [0.25, 0.3) is 0 Å². The maximum Gasteiger partial charge on any atom is 0.0657 e. The van der Waals surface area contributed by atoms with Gasteiger partial charge in [0.15, 0.2) is 0 Å². The van der Waals surface area contributed by atoms with E-state index in [0.29, 0.717) is 6.04 Å². The summed E-state index contributed by atoms with van der Waals surface area (Å²) in [6.07, 6.45) is 3.22. The van der Waals surface area contributed by atoms with E-state index in [2.05, 4.69) is 44.6 Å². The van der Waals surface area contributed by atoms with Crippen LogP contribution in [0.5, 0.6) is 0 Å². The van der Waals surface area contributed by atoms with Gasteiger partial charge in [0.1, 0.15) is 0 Å². The average Bonchev–Trinajstić information content (AvgIpc) is 2.65. The Morgan fingerprint density at radius 1 is 1.18 bits per heavy atom.